The molecule has 1 N–H and O–H groups in total. The monoisotopic (exact) mass is 416 g/mol. The lowest BCUT2D eigenvalue weighted by molar-refractivity contribution is 0.181. The van der Waals surface area contributed by atoms with Crippen molar-refractivity contribution in [2.75, 3.05) is 23.4 Å². The van der Waals surface area contributed by atoms with Crippen molar-refractivity contribution in [1.82, 2.24) is 9.97 Å². The summed E-state index contributed by atoms with van der Waals surface area (Å²) in [5, 5.41) is 2.76. The Morgan fingerprint density at radius 1 is 1.28 bits per heavy atom. The predicted octanol–water partition coefficient (Wildman–Crippen LogP) is 3.79. The summed E-state index contributed by atoms with van der Waals surface area (Å²) in [5.41, 5.74) is 0.0516. The smallest absolute Gasteiger partial charge is 0.415 e. The van der Waals surface area contributed by atoms with Crippen LogP contribution in [0.3, 0.4) is 0 Å². The number of carbonyl (C=O) groups is 1. The fourth-order valence-electron chi connectivity index (χ4n) is 2.34. The minimum Gasteiger partial charge on any atom is -0.447 e. The van der Waals surface area contributed by atoms with E-state index in [4.69, 9.17) is 4.74 Å². The third kappa shape index (κ3) is 3.53. The molecule has 1 amide bonds. The van der Waals surface area contributed by atoms with Crippen LogP contribution >= 0.6 is 15.9 Å². The van der Waals surface area contributed by atoms with E-state index in [9.17, 15) is 18.0 Å². The maximum absolute atomic E-state index is 14.0. The van der Waals surface area contributed by atoms with E-state index >= 15 is 0 Å². The van der Waals surface area contributed by atoms with Gasteiger partial charge in [-0.2, -0.15) is 4.98 Å². The van der Waals surface area contributed by atoms with Gasteiger partial charge in [-0.05, 0) is 35.0 Å². The summed E-state index contributed by atoms with van der Waals surface area (Å²) < 4.78 is 46.3. The molecule has 0 bridgehead atoms. The first-order valence-electron chi connectivity index (χ1n) is 7.24. The molecule has 1 atom stereocenters. The van der Waals surface area contributed by atoms with Crippen molar-refractivity contribution in [3.8, 4) is 0 Å². The fourth-order valence-corrected chi connectivity index (χ4v) is 2.66. The van der Waals surface area contributed by atoms with Gasteiger partial charge in [0.05, 0.1) is 23.3 Å². The van der Waals surface area contributed by atoms with Gasteiger partial charge in [-0.1, -0.05) is 0 Å². The van der Waals surface area contributed by atoms with Crippen molar-refractivity contribution < 1.29 is 22.7 Å². The van der Waals surface area contributed by atoms with Crippen molar-refractivity contribution in [2.45, 2.75) is 13.0 Å². The summed E-state index contributed by atoms with van der Waals surface area (Å²) in [7, 11) is 0. The summed E-state index contributed by atoms with van der Waals surface area (Å²) >= 11 is 2.91. The Morgan fingerprint density at radius 3 is 2.72 bits per heavy atom. The molecule has 1 aromatic carbocycles. The Bertz CT molecular complexity index is 837. The summed E-state index contributed by atoms with van der Waals surface area (Å²) in [5.74, 6) is -2.32. The molecule has 6 nitrogen and oxygen atoms in total. The van der Waals surface area contributed by atoms with Crippen LogP contribution in [0.15, 0.2) is 22.8 Å². The lowest BCUT2D eigenvalue weighted by Crippen LogP contribution is -2.26. The zero-order valence-corrected chi connectivity index (χ0v) is 14.5. The van der Waals surface area contributed by atoms with Gasteiger partial charge in [0.15, 0.2) is 11.6 Å². The molecule has 1 aliphatic heterocycles. The van der Waals surface area contributed by atoms with Gasteiger partial charge in [0.2, 0.25) is 5.95 Å². The van der Waals surface area contributed by atoms with E-state index in [1.807, 2.05) is 0 Å². The number of hydrogen-bond donors (Lipinski definition) is 1. The van der Waals surface area contributed by atoms with Crippen molar-refractivity contribution >= 4 is 33.8 Å². The highest BCUT2D eigenvalue weighted by molar-refractivity contribution is 9.10. The number of hydrogen-bond acceptors (Lipinski definition) is 5. The van der Waals surface area contributed by atoms with Crippen LogP contribution in [0.2, 0.25) is 0 Å². The number of rotatable bonds is 4. The third-order valence-corrected chi connectivity index (χ3v) is 4.20. The Kier molecular flexibility index (Phi) is 4.80. The molecule has 3 rings (SSSR count). The molecule has 1 aromatic heterocycles. The van der Waals surface area contributed by atoms with E-state index < -0.39 is 29.6 Å². The number of carbonyl (C=O) groups excluding carboxylic acids is 1. The molecule has 1 aliphatic rings. The van der Waals surface area contributed by atoms with E-state index in [0.29, 0.717) is 0 Å². The number of halogens is 4. The van der Waals surface area contributed by atoms with Crippen LogP contribution in [0.4, 0.5) is 29.7 Å². The van der Waals surface area contributed by atoms with Crippen LogP contribution in [0.25, 0.3) is 0 Å². The second kappa shape index (κ2) is 6.87. The van der Waals surface area contributed by atoms with E-state index in [1.54, 1.807) is 6.92 Å². The normalized spacial score (nSPS) is 15.2. The van der Waals surface area contributed by atoms with Gasteiger partial charge in [-0.3, -0.25) is 4.90 Å². The van der Waals surface area contributed by atoms with Crippen molar-refractivity contribution in [2.24, 2.45) is 0 Å². The Hall–Kier alpha value is -2.36. The molecule has 1 fully saturated rings. The highest BCUT2D eigenvalue weighted by atomic mass is 79.9. The van der Waals surface area contributed by atoms with Crippen molar-refractivity contribution in [3.05, 3.63) is 45.8 Å². The van der Waals surface area contributed by atoms with Gasteiger partial charge < -0.3 is 10.1 Å². The lowest BCUT2D eigenvalue weighted by Gasteiger charge is -2.17. The van der Waals surface area contributed by atoms with E-state index in [2.05, 4.69) is 31.2 Å². The van der Waals surface area contributed by atoms with Gasteiger partial charge in [0.1, 0.15) is 18.2 Å². The van der Waals surface area contributed by atoms with Crippen LogP contribution in [0.5, 0.6) is 0 Å². The highest BCUT2D eigenvalue weighted by Gasteiger charge is 2.28. The van der Waals surface area contributed by atoms with Crippen molar-refractivity contribution in [1.29, 1.82) is 0 Å². The zero-order valence-electron chi connectivity index (χ0n) is 12.9. The first-order valence-corrected chi connectivity index (χ1v) is 8.04. The number of ether oxygens (including phenoxy) is 1. The van der Waals surface area contributed by atoms with Crippen LogP contribution in [-0.4, -0.2) is 29.2 Å². The number of nitrogens with one attached hydrogen (secondary N) is 1. The molecule has 25 heavy (non-hydrogen) atoms. The van der Waals surface area contributed by atoms with Gasteiger partial charge in [-0.25, -0.2) is 22.9 Å². The number of benzene rings is 1. The molecule has 0 saturated carbocycles. The van der Waals surface area contributed by atoms with Crippen LogP contribution < -0.4 is 10.2 Å². The topological polar surface area (TPSA) is 67.3 Å². The lowest BCUT2D eigenvalue weighted by atomic mass is 10.1. The Morgan fingerprint density at radius 2 is 2.04 bits per heavy atom. The zero-order chi connectivity index (χ0) is 18.1. The SMILES string of the molecule is C[C@H](Nc1ncc(F)c(N2CCOC2=O)n1)c1cc(F)c(Br)cc1F. The van der Waals surface area contributed by atoms with E-state index in [-0.39, 0.29) is 35.0 Å². The Balaban J connectivity index is 1.86. The average molecular weight is 417 g/mol. The van der Waals surface area contributed by atoms with Gasteiger partial charge in [0, 0.05) is 5.56 Å². The largest absolute Gasteiger partial charge is 0.447 e. The molecule has 0 unspecified atom stereocenters. The Labute approximate surface area is 149 Å². The maximum Gasteiger partial charge on any atom is 0.415 e. The van der Waals surface area contributed by atoms with Crippen LogP contribution in [0.1, 0.15) is 18.5 Å². The average Bonchev–Trinajstić information content (AvgIpc) is 2.98. The van der Waals surface area contributed by atoms with Crippen LogP contribution in [0, 0.1) is 17.5 Å². The quantitative estimate of drug-likeness (QED) is 0.768. The fraction of sp³-hybridized carbons (Fsp3) is 0.267. The number of nitrogens with zero attached hydrogens (tertiary/aromatic N) is 3. The summed E-state index contributed by atoms with van der Waals surface area (Å²) in [6, 6.07) is 1.35. The molecule has 132 valence electrons. The first kappa shape index (κ1) is 17.5. The van der Waals surface area contributed by atoms with Gasteiger partial charge in [-0.15, -0.1) is 0 Å². The van der Waals surface area contributed by atoms with Gasteiger partial charge in [0.25, 0.3) is 0 Å². The standard InChI is InChI=1S/C15H12BrF3N4O2/c1-7(8-4-11(18)9(16)5-10(8)17)21-14-20-6-12(19)13(22-14)23-2-3-25-15(23)24/h4-7H,2-3H2,1H3,(H,20,21,22)/t7-/m0/s1. The molecular formula is C15H12BrF3N4O2. The molecular weight excluding hydrogens is 405 g/mol. The number of anilines is 2. The predicted molar refractivity (Wildman–Crippen MR) is 86.8 cm³/mol. The molecule has 2 heterocycles. The number of aromatic nitrogens is 2. The second-order valence-electron chi connectivity index (χ2n) is 5.29. The van der Waals surface area contributed by atoms with E-state index in [1.165, 1.54) is 0 Å². The summed E-state index contributed by atoms with van der Waals surface area (Å²) in [4.78, 5) is 20.3. The second-order valence-corrected chi connectivity index (χ2v) is 6.14. The summed E-state index contributed by atoms with van der Waals surface area (Å²) in [6.07, 6.45) is 0.180. The number of amides is 1. The summed E-state index contributed by atoms with van der Waals surface area (Å²) in [6.45, 7) is 1.86. The molecule has 2 aromatic rings. The van der Waals surface area contributed by atoms with Crippen molar-refractivity contribution in [3.63, 3.8) is 0 Å². The third-order valence-electron chi connectivity index (χ3n) is 3.59. The molecule has 0 radical (unpaired) electrons. The molecule has 0 aliphatic carbocycles. The first-order chi connectivity index (χ1) is 11.9. The number of cyclic esters (lactones) is 1. The molecule has 0 spiro atoms. The molecule has 10 heteroatoms. The minimum absolute atomic E-state index is 0.00816. The maximum atomic E-state index is 14.0. The van der Waals surface area contributed by atoms with Gasteiger partial charge >= 0.3 is 6.09 Å². The van der Waals surface area contributed by atoms with E-state index in [0.717, 1.165) is 23.2 Å². The minimum atomic E-state index is -0.794. The molecule has 1 saturated heterocycles. The van der Waals surface area contributed by atoms with Crippen LogP contribution in [-0.2, 0) is 4.74 Å². The highest BCUT2D eigenvalue weighted by Crippen LogP contribution is 2.27.